The molecule has 0 radical (unpaired) electrons. The lowest BCUT2D eigenvalue weighted by atomic mass is 10.2. The van der Waals surface area contributed by atoms with Gasteiger partial charge in [-0.15, -0.1) is 0 Å². The molecule has 1 aliphatic rings. The van der Waals surface area contributed by atoms with Gasteiger partial charge in [0.15, 0.2) is 5.82 Å². The molecule has 3 aromatic rings. The molecule has 108 valence electrons. The molecule has 1 aromatic carbocycles. The molecule has 0 fully saturated rings. The average Bonchev–Trinajstić information content (AvgIpc) is 3.09. The van der Waals surface area contributed by atoms with Crippen LogP contribution >= 0.6 is 0 Å². The molecule has 4 nitrogen and oxygen atoms in total. The van der Waals surface area contributed by atoms with Crippen molar-refractivity contribution in [2.75, 3.05) is 5.32 Å². The van der Waals surface area contributed by atoms with Crippen LogP contribution in [0.2, 0.25) is 0 Å². The zero-order chi connectivity index (χ0) is 14.8. The van der Waals surface area contributed by atoms with Gasteiger partial charge < -0.3 is 5.32 Å². The Morgan fingerprint density at radius 2 is 1.82 bits per heavy atom. The van der Waals surface area contributed by atoms with Crippen molar-refractivity contribution >= 4 is 16.7 Å². The molecule has 0 amide bonds. The smallest absolute Gasteiger partial charge is 0.163 e. The third-order valence-corrected chi connectivity index (χ3v) is 3.87. The Hall–Kier alpha value is -2.75. The maximum atomic E-state index is 4.74. The van der Waals surface area contributed by atoms with E-state index in [0.29, 0.717) is 11.9 Å². The molecule has 22 heavy (non-hydrogen) atoms. The number of aromatic nitrogens is 3. The molecule has 0 saturated carbocycles. The Balaban J connectivity index is 1.82. The van der Waals surface area contributed by atoms with E-state index in [9.17, 15) is 0 Å². The van der Waals surface area contributed by atoms with Gasteiger partial charge in [0.25, 0.3) is 0 Å². The zero-order valence-electron chi connectivity index (χ0n) is 12.1. The molecule has 0 unspecified atom stereocenters. The van der Waals surface area contributed by atoms with Crippen LogP contribution < -0.4 is 5.32 Å². The Kier molecular flexibility index (Phi) is 3.27. The predicted molar refractivity (Wildman–Crippen MR) is 88.6 cm³/mol. The maximum Gasteiger partial charge on any atom is 0.163 e. The molecule has 0 spiro atoms. The van der Waals surface area contributed by atoms with Gasteiger partial charge in [0.2, 0.25) is 0 Å². The Morgan fingerprint density at radius 3 is 2.64 bits per heavy atom. The van der Waals surface area contributed by atoms with Crippen molar-refractivity contribution in [2.45, 2.75) is 18.9 Å². The fraction of sp³-hybridized carbons (Fsp3) is 0.167. The summed E-state index contributed by atoms with van der Waals surface area (Å²) in [5.41, 5.74) is 1.88. The van der Waals surface area contributed by atoms with Gasteiger partial charge in [-0.25, -0.2) is 9.97 Å². The van der Waals surface area contributed by atoms with Crippen molar-refractivity contribution < 1.29 is 0 Å². The van der Waals surface area contributed by atoms with E-state index in [1.165, 1.54) is 0 Å². The van der Waals surface area contributed by atoms with Gasteiger partial charge in [-0.1, -0.05) is 24.3 Å². The van der Waals surface area contributed by atoms with Gasteiger partial charge >= 0.3 is 0 Å². The highest BCUT2D eigenvalue weighted by Crippen LogP contribution is 2.26. The number of benzene rings is 1. The topological polar surface area (TPSA) is 50.7 Å². The third kappa shape index (κ3) is 2.44. The second-order valence-corrected chi connectivity index (χ2v) is 5.44. The van der Waals surface area contributed by atoms with Gasteiger partial charge in [0, 0.05) is 29.4 Å². The summed E-state index contributed by atoms with van der Waals surface area (Å²) in [6, 6.07) is 12.4. The minimum absolute atomic E-state index is 0.417. The second kappa shape index (κ2) is 5.56. The van der Waals surface area contributed by atoms with Crippen molar-refractivity contribution in [3.63, 3.8) is 0 Å². The van der Waals surface area contributed by atoms with Gasteiger partial charge in [-0.2, -0.15) is 0 Å². The average molecular weight is 288 g/mol. The number of para-hydroxylation sites is 1. The molecular formula is C18H16N4. The predicted octanol–water partition coefficient (Wildman–Crippen LogP) is 3.82. The Morgan fingerprint density at radius 1 is 0.955 bits per heavy atom. The van der Waals surface area contributed by atoms with Crippen LogP contribution in [-0.4, -0.2) is 21.0 Å². The number of nitrogens with one attached hydrogen (secondary N) is 1. The quantitative estimate of drug-likeness (QED) is 0.744. The summed E-state index contributed by atoms with van der Waals surface area (Å²) < 4.78 is 0. The largest absolute Gasteiger partial charge is 0.366 e. The lowest BCUT2D eigenvalue weighted by Crippen LogP contribution is -2.16. The standard InChI is InChI=1S/C18H16N4/c1-2-8-14(7-1)20-18-15-9-3-4-10-16(15)21-17(22-18)13-6-5-11-19-12-13/h1-6,9-12,14H,7-8H2,(H,20,21,22). The van der Waals surface area contributed by atoms with E-state index in [1.807, 2.05) is 30.3 Å². The molecule has 0 aliphatic heterocycles. The molecule has 2 heterocycles. The number of pyridine rings is 1. The Labute approximate surface area is 129 Å². The molecule has 1 N–H and O–H groups in total. The van der Waals surface area contributed by atoms with Crippen molar-refractivity contribution in [3.05, 3.63) is 60.9 Å². The van der Waals surface area contributed by atoms with Gasteiger partial charge in [0.1, 0.15) is 5.82 Å². The first kappa shape index (κ1) is 13.0. The molecule has 0 saturated heterocycles. The van der Waals surface area contributed by atoms with Crippen molar-refractivity contribution in [1.82, 2.24) is 15.0 Å². The van der Waals surface area contributed by atoms with E-state index in [-0.39, 0.29) is 0 Å². The second-order valence-electron chi connectivity index (χ2n) is 5.44. The molecule has 2 aromatic heterocycles. The monoisotopic (exact) mass is 288 g/mol. The molecule has 0 atom stereocenters. The summed E-state index contributed by atoms with van der Waals surface area (Å²) in [5.74, 6) is 1.61. The third-order valence-electron chi connectivity index (χ3n) is 3.87. The van der Waals surface area contributed by atoms with Crippen LogP contribution in [0.5, 0.6) is 0 Å². The number of anilines is 1. The van der Waals surface area contributed by atoms with Crippen LogP contribution in [0.15, 0.2) is 60.9 Å². The number of nitrogens with zero attached hydrogens (tertiary/aromatic N) is 3. The molecule has 4 heteroatoms. The fourth-order valence-corrected chi connectivity index (χ4v) is 2.74. The van der Waals surface area contributed by atoms with Gasteiger partial charge in [0.05, 0.1) is 5.52 Å². The van der Waals surface area contributed by atoms with E-state index in [0.717, 1.165) is 35.1 Å². The van der Waals surface area contributed by atoms with E-state index in [4.69, 9.17) is 4.98 Å². The van der Waals surface area contributed by atoms with Gasteiger partial charge in [-0.3, -0.25) is 4.98 Å². The fourth-order valence-electron chi connectivity index (χ4n) is 2.74. The number of fused-ring (bicyclic) bond motifs is 1. The van der Waals surface area contributed by atoms with Crippen LogP contribution in [-0.2, 0) is 0 Å². The van der Waals surface area contributed by atoms with E-state index >= 15 is 0 Å². The summed E-state index contributed by atoms with van der Waals surface area (Å²) >= 11 is 0. The van der Waals surface area contributed by atoms with Crippen LogP contribution in [0.3, 0.4) is 0 Å². The van der Waals surface area contributed by atoms with E-state index < -0.39 is 0 Å². The minimum atomic E-state index is 0.417. The summed E-state index contributed by atoms with van der Waals surface area (Å²) in [7, 11) is 0. The van der Waals surface area contributed by atoms with Crippen molar-refractivity contribution in [1.29, 1.82) is 0 Å². The molecule has 4 rings (SSSR count). The lowest BCUT2D eigenvalue weighted by Gasteiger charge is -2.15. The first-order valence-electron chi connectivity index (χ1n) is 7.49. The van der Waals surface area contributed by atoms with E-state index in [2.05, 4.69) is 33.5 Å². The highest BCUT2D eigenvalue weighted by Gasteiger charge is 2.14. The number of rotatable bonds is 3. The summed E-state index contributed by atoms with van der Waals surface area (Å²) in [5, 5.41) is 4.62. The maximum absolute atomic E-state index is 4.74. The SMILES string of the molecule is C1=CCC(Nc2nc(-c3cccnc3)nc3ccccc23)C1. The highest BCUT2D eigenvalue weighted by molar-refractivity contribution is 5.90. The van der Waals surface area contributed by atoms with E-state index in [1.54, 1.807) is 12.4 Å². The van der Waals surface area contributed by atoms with Crippen LogP contribution in [0.4, 0.5) is 5.82 Å². The Bertz CT molecular complexity index is 819. The van der Waals surface area contributed by atoms with Crippen molar-refractivity contribution in [3.8, 4) is 11.4 Å². The zero-order valence-corrected chi connectivity index (χ0v) is 12.1. The normalized spacial score (nSPS) is 14.5. The highest BCUT2D eigenvalue weighted by atomic mass is 15.1. The summed E-state index contributed by atoms with van der Waals surface area (Å²) in [6.45, 7) is 0. The lowest BCUT2D eigenvalue weighted by molar-refractivity contribution is 0.782. The summed E-state index contributed by atoms with van der Waals surface area (Å²) in [4.78, 5) is 13.6. The molecule has 1 aliphatic carbocycles. The van der Waals surface area contributed by atoms with Crippen LogP contribution in [0, 0.1) is 0 Å². The number of hydrogen-bond donors (Lipinski definition) is 1. The van der Waals surface area contributed by atoms with Crippen LogP contribution in [0.25, 0.3) is 22.3 Å². The number of hydrogen-bond acceptors (Lipinski definition) is 4. The first-order valence-corrected chi connectivity index (χ1v) is 7.49. The first-order chi connectivity index (χ1) is 10.9. The van der Waals surface area contributed by atoms with Crippen LogP contribution in [0.1, 0.15) is 12.8 Å². The summed E-state index contributed by atoms with van der Waals surface area (Å²) in [6.07, 6.45) is 10.1. The van der Waals surface area contributed by atoms with Crippen molar-refractivity contribution in [2.24, 2.45) is 0 Å². The minimum Gasteiger partial charge on any atom is -0.366 e. The van der Waals surface area contributed by atoms with Gasteiger partial charge in [-0.05, 0) is 37.1 Å². The molecular weight excluding hydrogens is 272 g/mol. The molecule has 0 bridgehead atoms.